The Morgan fingerprint density at radius 2 is 2.15 bits per heavy atom. The lowest BCUT2D eigenvalue weighted by Crippen LogP contribution is -2.35. The molecule has 0 spiro atoms. The minimum atomic E-state index is -1.04. The summed E-state index contributed by atoms with van der Waals surface area (Å²) in [5, 5.41) is 14.1. The molecule has 0 radical (unpaired) electrons. The number of urea groups is 1. The molecule has 0 bridgehead atoms. The second kappa shape index (κ2) is 8.21. The molecule has 1 heterocycles. The quantitative estimate of drug-likeness (QED) is 0.628. The fraction of sp³-hybridized carbons (Fsp3) is 0.538. The number of hydrogen-bond acceptors (Lipinski definition) is 4. The van der Waals surface area contributed by atoms with E-state index in [0.717, 1.165) is 6.42 Å². The SMILES string of the molecule is CCOCCCNC(=O)NCc1cc(C(=O)O)c(C)o1. The van der Waals surface area contributed by atoms with Gasteiger partial charge in [-0.3, -0.25) is 0 Å². The highest BCUT2D eigenvalue weighted by molar-refractivity contribution is 5.88. The third-order valence-corrected chi connectivity index (χ3v) is 2.58. The van der Waals surface area contributed by atoms with Gasteiger partial charge in [0.1, 0.15) is 17.1 Å². The van der Waals surface area contributed by atoms with Crippen LogP contribution in [0.2, 0.25) is 0 Å². The van der Waals surface area contributed by atoms with Crippen molar-refractivity contribution in [3.63, 3.8) is 0 Å². The lowest BCUT2D eigenvalue weighted by atomic mass is 10.2. The molecule has 0 fully saturated rings. The Labute approximate surface area is 117 Å². The van der Waals surface area contributed by atoms with Crippen LogP contribution < -0.4 is 10.6 Å². The number of aromatic carboxylic acids is 1. The molecule has 0 aliphatic heterocycles. The number of carboxylic acid groups (broad SMARTS) is 1. The third-order valence-electron chi connectivity index (χ3n) is 2.58. The van der Waals surface area contributed by atoms with E-state index >= 15 is 0 Å². The van der Waals surface area contributed by atoms with Crippen molar-refractivity contribution < 1.29 is 23.8 Å². The summed E-state index contributed by atoms with van der Waals surface area (Å²) in [6.07, 6.45) is 0.740. The van der Waals surface area contributed by atoms with E-state index < -0.39 is 5.97 Å². The standard InChI is InChI=1S/C13H20N2O5/c1-3-19-6-4-5-14-13(18)15-8-10-7-11(12(16)17)9(2)20-10/h7H,3-6,8H2,1-2H3,(H,16,17)(H2,14,15,18). The molecule has 112 valence electrons. The van der Waals surface area contributed by atoms with Gasteiger partial charge in [0.2, 0.25) is 0 Å². The van der Waals surface area contributed by atoms with E-state index in [9.17, 15) is 9.59 Å². The van der Waals surface area contributed by atoms with Crippen LogP contribution >= 0.6 is 0 Å². The van der Waals surface area contributed by atoms with Crippen molar-refractivity contribution in [2.45, 2.75) is 26.8 Å². The fourth-order valence-corrected chi connectivity index (χ4v) is 1.59. The topological polar surface area (TPSA) is 101 Å². The van der Waals surface area contributed by atoms with Crippen LogP contribution in [0.4, 0.5) is 4.79 Å². The van der Waals surface area contributed by atoms with Gasteiger partial charge >= 0.3 is 12.0 Å². The molecule has 2 amide bonds. The fourth-order valence-electron chi connectivity index (χ4n) is 1.59. The Bertz CT molecular complexity index is 456. The van der Waals surface area contributed by atoms with Crippen molar-refractivity contribution in [2.75, 3.05) is 19.8 Å². The maximum Gasteiger partial charge on any atom is 0.339 e. The summed E-state index contributed by atoms with van der Waals surface area (Å²) in [4.78, 5) is 22.3. The molecule has 7 heteroatoms. The second-order valence-corrected chi connectivity index (χ2v) is 4.15. The summed E-state index contributed by atoms with van der Waals surface area (Å²) in [7, 11) is 0. The summed E-state index contributed by atoms with van der Waals surface area (Å²) in [6.45, 7) is 5.42. The first-order valence-electron chi connectivity index (χ1n) is 6.46. The van der Waals surface area contributed by atoms with Gasteiger partial charge in [-0.2, -0.15) is 0 Å². The van der Waals surface area contributed by atoms with Crippen LogP contribution in [-0.2, 0) is 11.3 Å². The monoisotopic (exact) mass is 284 g/mol. The largest absolute Gasteiger partial charge is 0.478 e. The van der Waals surface area contributed by atoms with Crippen LogP contribution in [0.25, 0.3) is 0 Å². The van der Waals surface area contributed by atoms with Crippen molar-refractivity contribution in [1.29, 1.82) is 0 Å². The van der Waals surface area contributed by atoms with E-state index in [0.29, 0.717) is 31.3 Å². The number of carboxylic acids is 1. The molecule has 1 rings (SSSR count). The molecule has 1 aromatic rings. The average Bonchev–Trinajstić information content (AvgIpc) is 2.77. The molecule has 0 unspecified atom stereocenters. The molecular weight excluding hydrogens is 264 g/mol. The summed E-state index contributed by atoms with van der Waals surface area (Å²) < 4.78 is 10.4. The van der Waals surface area contributed by atoms with E-state index in [-0.39, 0.29) is 18.1 Å². The molecule has 0 atom stereocenters. The van der Waals surface area contributed by atoms with E-state index in [1.54, 1.807) is 6.92 Å². The number of hydrogen-bond donors (Lipinski definition) is 3. The Morgan fingerprint density at radius 1 is 1.40 bits per heavy atom. The van der Waals surface area contributed by atoms with Gasteiger partial charge in [-0.1, -0.05) is 0 Å². The van der Waals surface area contributed by atoms with Gasteiger partial charge in [-0.15, -0.1) is 0 Å². The maximum absolute atomic E-state index is 11.5. The highest BCUT2D eigenvalue weighted by atomic mass is 16.5. The number of nitrogens with one attached hydrogen (secondary N) is 2. The van der Waals surface area contributed by atoms with Crippen molar-refractivity contribution in [1.82, 2.24) is 10.6 Å². The summed E-state index contributed by atoms with van der Waals surface area (Å²) in [5.74, 6) is -0.311. The van der Waals surface area contributed by atoms with Crippen molar-refractivity contribution in [3.05, 3.63) is 23.2 Å². The van der Waals surface area contributed by atoms with Crippen molar-refractivity contribution in [2.24, 2.45) is 0 Å². The molecule has 0 saturated carbocycles. The number of carbonyl (C=O) groups is 2. The van der Waals surface area contributed by atoms with Crippen LogP contribution in [0.5, 0.6) is 0 Å². The number of amides is 2. The van der Waals surface area contributed by atoms with E-state index in [2.05, 4.69) is 10.6 Å². The minimum Gasteiger partial charge on any atom is -0.478 e. The van der Waals surface area contributed by atoms with Gasteiger partial charge in [-0.25, -0.2) is 9.59 Å². The van der Waals surface area contributed by atoms with E-state index in [1.807, 2.05) is 6.92 Å². The Hall–Kier alpha value is -2.02. The predicted molar refractivity (Wildman–Crippen MR) is 71.8 cm³/mol. The van der Waals surface area contributed by atoms with Crippen molar-refractivity contribution in [3.8, 4) is 0 Å². The third kappa shape index (κ3) is 5.31. The first-order valence-corrected chi connectivity index (χ1v) is 6.46. The smallest absolute Gasteiger partial charge is 0.339 e. The Morgan fingerprint density at radius 3 is 2.75 bits per heavy atom. The number of ether oxygens (including phenoxy) is 1. The van der Waals surface area contributed by atoms with Gasteiger partial charge in [-0.05, 0) is 26.3 Å². The first kappa shape index (κ1) is 16.0. The average molecular weight is 284 g/mol. The summed E-state index contributed by atoms with van der Waals surface area (Å²) >= 11 is 0. The van der Waals surface area contributed by atoms with Gasteiger partial charge in [0.15, 0.2) is 0 Å². The molecule has 20 heavy (non-hydrogen) atoms. The second-order valence-electron chi connectivity index (χ2n) is 4.15. The molecule has 0 saturated heterocycles. The number of rotatable bonds is 8. The van der Waals surface area contributed by atoms with E-state index in [1.165, 1.54) is 6.07 Å². The lowest BCUT2D eigenvalue weighted by Gasteiger charge is -2.06. The summed E-state index contributed by atoms with van der Waals surface area (Å²) in [5.41, 5.74) is 0.110. The predicted octanol–water partition coefficient (Wildman–Crippen LogP) is 1.51. The molecule has 3 N–H and O–H groups in total. The number of furan rings is 1. The Balaban J connectivity index is 2.27. The van der Waals surface area contributed by atoms with Gasteiger partial charge in [0.05, 0.1) is 6.54 Å². The first-order chi connectivity index (χ1) is 9.54. The van der Waals surface area contributed by atoms with Gasteiger partial charge in [0, 0.05) is 19.8 Å². The zero-order valence-electron chi connectivity index (χ0n) is 11.7. The van der Waals surface area contributed by atoms with Crippen LogP contribution in [0.1, 0.15) is 35.2 Å². The number of aryl methyl sites for hydroxylation is 1. The van der Waals surface area contributed by atoms with Crippen LogP contribution in [0.3, 0.4) is 0 Å². The molecule has 1 aromatic heterocycles. The normalized spacial score (nSPS) is 10.3. The van der Waals surface area contributed by atoms with E-state index in [4.69, 9.17) is 14.3 Å². The lowest BCUT2D eigenvalue weighted by molar-refractivity contribution is 0.0695. The molecule has 0 aromatic carbocycles. The Kier molecular flexibility index (Phi) is 6.58. The van der Waals surface area contributed by atoms with Crippen LogP contribution in [-0.4, -0.2) is 36.9 Å². The molecule has 0 aliphatic carbocycles. The maximum atomic E-state index is 11.5. The molecule has 0 aliphatic rings. The highest BCUT2D eigenvalue weighted by Gasteiger charge is 2.13. The summed E-state index contributed by atoms with van der Waals surface area (Å²) in [6, 6.07) is 1.08. The zero-order chi connectivity index (χ0) is 15.0. The van der Waals surface area contributed by atoms with Crippen molar-refractivity contribution >= 4 is 12.0 Å². The molecular formula is C13H20N2O5. The molecule has 7 nitrogen and oxygen atoms in total. The minimum absolute atomic E-state index is 0.110. The zero-order valence-corrected chi connectivity index (χ0v) is 11.7. The van der Waals surface area contributed by atoms with Gasteiger partial charge in [0.25, 0.3) is 0 Å². The van der Waals surface area contributed by atoms with Crippen LogP contribution in [0.15, 0.2) is 10.5 Å². The number of carbonyl (C=O) groups excluding carboxylic acids is 1. The highest BCUT2D eigenvalue weighted by Crippen LogP contribution is 2.14. The van der Waals surface area contributed by atoms with Crippen LogP contribution in [0, 0.1) is 6.92 Å². The van der Waals surface area contributed by atoms with Gasteiger partial charge < -0.3 is 24.9 Å².